The Kier molecular flexibility index (Phi) is 4.15. The normalized spacial score (nSPS) is 14.4. The number of nitrogens with one attached hydrogen (secondary N) is 1. The molecule has 0 saturated carbocycles. The van der Waals surface area contributed by atoms with Crippen molar-refractivity contribution in [3.63, 3.8) is 0 Å². The van der Waals surface area contributed by atoms with E-state index in [1.54, 1.807) is 0 Å². The van der Waals surface area contributed by atoms with Gasteiger partial charge in [-0.3, -0.25) is 0 Å². The van der Waals surface area contributed by atoms with Crippen molar-refractivity contribution >= 4 is 0 Å². The molecule has 2 atom stereocenters. The fourth-order valence-corrected chi connectivity index (χ4v) is 1.92. The second-order valence-electron chi connectivity index (χ2n) is 4.75. The van der Waals surface area contributed by atoms with Gasteiger partial charge in [0.25, 0.3) is 0 Å². The molecular formula is C15H21N3. The summed E-state index contributed by atoms with van der Waals surface area (Å²) in [4.78, 5) is 0. The highest BCUT2D eigenvalue weighted by Crippen LogP contribution is 2.15. The average molecular weight is 243 g/mol. The molecular weight excluding hydrogens is 222 g/mol. The van der Waals surface area contributed by atoms with E-state index >= 15 is 0 Å². The van der Waals surface area contributed by atoms with Gasteiger partial charge < -0.3 is 5.32 Å². The lowest BCUT2D eigenvalue weighted by molar-refractivity contribution is 0.469. The molecule has 2 aromatic rings. The molecule has 1 aromatic carbocycles. The van der Waals surface area contributed by atoms with Gasteiger partial charge in [-0.2, -0.15) is 5.10 Å². The fourth-order valence-electron chi connectivity index (χ4n) is 1.92. The van der Waals surface area contributed by atoms with Gasteiger partial charge in [-0.1, -0.05) is 25.1 Å². The maximum absolute atomic E-state index is 4.42. The third-order valence-corrected chi connectivity index (χ3v) is 3.27. The maximum atomic E-state index is 4.42. The first-order valence-electron chi connectivity index (χ1n) is 6.56. The lowest BCUT2D eigenvalue weighted by atomic mass is 10.1. The molecule has 0 bridgehead atoms. The summed E-state index contributed by atoms with van der Waals surface area (Å²) in [5.41, 5.74) is 2.32. The molecule has 1 N–H and O–H groups in total. The Morgan fingerprint density at radius 1 is 1.22 bits per heavy atom. The molecule has 0 aliphatic rings. The summed E-state index contributed by atoms with van der Waals surface area (Å²) in [7, 11) is 0. The number of aromatic nitrogens is 2. The Balaban J connectivity index is 2.11. The molecule has 3 heteroatoms. The lowest BCUT2D eigenvalue weighted by Gasteiger charge is -2.17. The van der Waals surface area contributed by atoms with Gasteiger partial charge in [0.15, 0.2) is 0 Å². The number of rotatable bonds is 5. The topological polar surface area (TPSA) is 29.9 Å². The number of benzene rings is 1. The molecule has 1 aromatic heterocycles. The predicted molar refractivity (Wildman–Crippen MR) is 74.9 cm³/mol. The van der Waals surface area contributed by atoms with Gasteiger partial charge in [0, 0.05) is 23.8 Å². The third-order valence-electron chi connectivity index (χ3n) is 3.27. The van der Waals surface area contributed by atoms with E-state index in [9.17, 15) is 0 Å². The molecule has 96 valence electrons. The quantitative estimate of drug-likeness (QED) is 0.873. The van der Waals surface area contributed by atoms with E-state index in [-0.39, 0.29) is 0 Å². The smallest absolute Gasteiger partial charge is 0.0645 e. The fraction of sp³-hybridized carbons (Fsp3) is 0.400. The van der Waals surface area contributed by atoms with Crippen LogP contribution in [0.3, 0.4) is 0 Å². The Labute approximate surface area is 109 Å². The van der Waals surface area contributed by atoms with Crippen LogP contribution in [0.4, 0.5) is 0 Å². The molecule has 0 spiro atoms. The van der Waals surface area contributed by atoms with Gasteiger partial charge in [-0.15, -0.1) is 0 Å². The summed E-state index contributed by atoms with van der Waals surface area (Å²) in [6, 6.07) is 11.0. The van der Waals surface area contributed by atoms with Crippen LogP contribution in [-0.2, 0) is 0 Å². The molecule has 18 heavy (non-hydrogen) atoms. The van der Waals surface area contributed by atoms with Crippen molar-refractivity contribution in [2.75, 3.05) is 0 Å². The molecule has 3 nitrogen and oxygen atoms in total. The molecule has 1 heterocycles. The first-order chi connectivity index (χ1) is 8.70. The van der Waals surface area contributed by atoms with Crippen LogP contribution in [-0.4, -0.2) is 15.8 Å². The highest BCUT2D eigenvalue weighted by atomic mass is 15.3. The van der Waals surface area contributed by atoms with Crippen molar-refractivity contribution in [2.45, 2.75) is 39.3 Å². The van der Waals surface area contributed by atoms with Crippen molar-refractivity contribution in [1.29, 1.82) is 0 Å². The predicted octanol–water partition coefficient (Wildman–Crippen LogP) is 3.32. The minimum absolute atomic E-state index is 0.331. The Morgan fingerprint density at radius 2 is 1.94 bits per heavy atom. The zero-order chi connectivity index (χ0) is 13.0. The van der Waals surface area contributed by atoms with E-state index in [1.165, 1.54) is 5.56 Å². The van der Waals surface area contributed by atoms with Gasteiger partial charge in [0.1, 0.15) is 0 Å². The van der Waals surface area contributed by atoms with Crippen LogP contribution < -0.4 is 5.32 Å². The zero-order valence-electron chi connectivity index (χ0n) is 11.3. The Bertz CT molecular complexity index is 475. The minimum Gasteiger partial charge on any atom is -0.308 e. The van der Waals surface area contributed by atoms with Crippen molar-refractivity contribution in [1.82, 2.24) is 15.1 Å². The van der Waals surface area contributed by atoms with Gasteiger partial charge in [-0.05, 0) is 32.4 Å². The molecule has 0 aliphatic carbocycles. The highest BCUT2D eigenvalue weighted by molar-refractivity contribution is 5.31. The number of nitrogens with zero attached hydrogens (tertiary/aromatic N) is 2. The number of hydrogen-bond acceptors (Lipinski definition) is 2. The SMILES string of the molecule is CCC(C)NC(C)c1cnn(-c2ccccc2)c1. The number of para-hydroxylation sites is 1. The molecule has 2 rings (SSSR count). The Hall–Kier alpha value is -1.61. The summed E-state index contributed by atoms with van der Waals surface area (Å²) in [6.07, 6.45) is 5.17. The summed E-state index contributed by atoms with van der Waals surface area (Å²) in [5, 5.41) is 7.97. The molecule has 0 saturated heterocycles. The van der Waals surface area contributed by atoms with E-state index in [0.717, 1.165) is 12.1 Å². The summed E-state index contributed by atoms with van der Waals surface area (Å²) in [6.45, 7) is 6.58. The summed E-state index contributed by atoms with van der Waals surface area (Å²) >= 11 is 0. The van der Waals surface area contributed by atoms with Crippen molar-refractivity contribution in [3.8, 4) is 5.69 Å². The van der Waals surface area contributed by atoms with Crippen LogP contribution in [0.2, 0.25) is 0 Å². The van der Waals surface area contributed by atoms with Crippen LogP contribution in [0.25, 0.3) is 5.69 Å². The van der Waals surface area contributed by atoms with E-state index in [2.05, 4.69) is 49.5 Å². The maximum Gasteiger partial charge on any atom is 0.0645 e. The standard InChI is InChI=1S/C15H21N3/c1-4-12(2)17-13(3)14-10-16-18(11-14)15-8-6-5-7-9-15/h5-13,17H,4H2,1-3H3. The van der Waals surface area contributed by atoms with Crippen molar-refractivity contribution in [3.05, 3.63) is 48.3 Å². The van der Waals surface area contributed by atoms with Crippen LogP contribution in [0.1, 0.15) is 38.8 Å². The molecule has 2 unspecified atom stereocenters. The molecule has 0 aliphatic heterocycles. The highest BCUT2D eigenvalue weighted by Gasteiger charge is 2.10. The largest absolute Gasteiger partial charge is 0.308 e. The molecule has 0 fully saturated rings. The van der Waals surface area contributed by atoms with Crippen LogP contribution in [0.5, 0.6) is 0 Å². The monoisotopic (exact) mass is 243 g/mol. The summed E-state index contributed by atoms with van der Waals surface area (Å²) in [5.74, 6) is 0. The second kappa shape index (κ2) is 5.83. The first-order valence-corrected chi connectivity index (χ1v) is 6.56. The Morgan fingerprint density at radius 3 is 2.61 bits per heavy atom. The summed E-state index contributed by atoms with van der Waals surface area (Å²) < 4.78 is 1.92. The van der Waals surface area contributed by atoms with E-state index in [0.29, 0.717) is 12.1 Å². The number of hydrogen-bond donors (Lipinski definition) is 1. The van der Waals surface area contributed by atoms with Gasteiger partial charge in [-0.25, -0.2) is 4.68 Å². The van der Waals surface area contributed by atoms with Crippen molar-refractivity contribution in [2.24, 2.45) is 0 Å². The van der Waals surface area contributed by atoms with Gasteiger partial charge in [0.2, 0.25) is 0 Å². The third kappa shape index (κ3) is 2.99. The average Bonchev–Trinajstić information content (AvgIpc) is 2.89. The van der Waals surface area contributed by atoms with E-state index in [4.69, 9.17) is 0 Å². The zero-order valence-corrected chi connectivity index (χ0v) is 11.3. The van der Waals surface area contributed by atoms with E-state index in [1.807, 2.05) is 29.1 Å². The van der Waals surface area contributed by atoms with Gasteiger partial charge in [0.05, 0.1) is 11.9 Å². The first kappa shape index (κ1) is 12.8. The van der Waals surface area contributed by atoms with Crippen LogP contribution in [0.15, 0.2) is 42.7 Å². The van der Waals surface area contributed by atoms with Crippen LogP contribution >= 0.6 is 0 Å². The molecule has 0 amide bonds. The van der Waals surface area contributed by atoms with E-state index < -0.39 is 0 Å². The second-order valence-corrected chi connectivity index (χ2v) is 4.75. The van der Waals surface area contributed by atoms with Crippen LogP contribution in [0, 0.1) is 0 Å². The molecule has 0 radical (unpaired) electrons. The van der Waals surface area contributed by atoms with Crippen molar-refractivity contribution < 1.29 is 0 Å². The minimum atomic E-state index is 0.331. The lowest BCUT2D eigenvalue weighted by Crippen LogP contribution is -2.27. The van der Waals surface area contributed by atoms with Gasteiger partial charge >= 0.3 is 0 Å².